The lowest BCUT2D eigenvalue weighted by Crippen LogP contribution is -2.18. The topological polar surface area (TPSA) is 43.6 Å². The van der Waals surface area contributed by atoms with E-state index in [1.54, 1.807) is 0 Å². The Balaban J connectivity index is 1.56. The quantitative estimate of drug-likeness (QED) is 0.635. The van der Waals surface area contributed by atoms with Crippen molar-refractivity contribution in [1.82, 2.24) is 19.7 Å². The van der Waals surface area contributed by atoms with Crippen molar-refractivity contribution in [3.8, 4) is 5.69 Å². The number of nitrogens with zero attached hydrogens (tertiary/aromatic N) is 4. The molecule has 2 saturated carbocycles. The largest absolute Gasteiger partial charge is 0.264 e. The third-order valence-corrected chi connectivity index (χ3v) is 6.60. The van der Waals surface area contributed by atoms with Crippen LogP contribution in [-0.2, 0) is 6.42 Å². The van der Waals surface area contributed by atoms with E-state index < -0.39 is 0 Å². The van der Waals surface area contributed by atoms with Crippen LogP contribution >= 0.6 is 0 Å². The van der Waals surface area contributed by atoms with Crippen LogP contribution in [0.2, 0.25) is 0 Å². The molecule has 3 aromatic rings. The molecule has 0 spiro atoms. The highest BCUT2D eigenvalue weighted by Crippen LogP contribution is 2.48. The zero-order valence-corrected chi connectivity index (χ0v) is 16.8. The van der Waals surface area contributed by atoms with Crippen LogP contribution < -0.4 is 0 Å². The molecule has 4 heteroatoms. The molecule has 5 rings (SSSR count). The van der Waals surface area contributed by atoms with Crippen LogP contribution in [0.1, 0.15) is 66.4 Å². The summed E-state index contributed by atoms with van der Waals surface area (Å²) in [6, 6.07) is 10.7. The van der Waals surface area contributed by atoms with Crippen LogP contribution in [-0.4, -0.2) is 19.7 Å². The molecular weight excluding hydrogens is 344 g/mol. The fraction of sp³-hybridized carbons (Fsp3) is 0.458. The van der Waals surface area contributed by atoms with Crippen molar-refractivity contribution < 1.29 is 0 Å². The standard InChI is InChI=1S/C24H28N4/c1-16-5-6-17(2)22(10-16)28-24(21-12-18-7-8-19(11-18)13-21)26-23(27-28)14-20-4-3-9-25-15-20/h3-6,9-10,15,18-19,21H,7-8,11-14H2,1-2H3. The first kappa shape index (κ1) is 17.6. The first-order valence-electron chi connectivity index (χ1n) is 10.6. The molecule has 2 aliphatic carbocycles. The summed E-state index contributed by atoms with van der Waals surface area (Å²) in [6.07, 6.45) is 11.2. The molecule has 0 radical (unpaired) electrons. The molecule has 2 aliphatic rings. The van der Waals surface area contributed by atoms with Crippen molar-refractivity contribution in [2.24, 2.45) is 11.8 Å². The first-order valence-corrected chi connectivity index (χ1v) is 10.6. The summed E-state index contributed by atoms with van der Waals surface area (Å²) in [4.78, 5) is 9.35. The van der Waals surface area contributed by atoms with Crippen molar-refractivity contribution in [3.63, 3.8) is 0 Å². The van der Waals surface area contributed by atoms with Crippen LogP contribution in [0.4, 0.5) is 0 Å². The second-order valence-electron chi connectivity index (χ2n) is 8.84. The van der Waals surface area contributed by atoms with Gasteiger partial charge in [-0.15, -0.1) is 0 Å². The maximum Gasteiger partial charge on any atom is 0.155 e. The van der Waals surface area contributed by atoms with Gasteiger partial charge in [0.05, 0.1) is 5.69 Å². The number of hydrogen-bond donors (Lipinski definition) is 0. The highest BCUT2D eigenvalue weighted by Gasteiger charge is 2.37. The zero-order chi connectivity index (χ0) is 19.1. The molecule has 2 unspecified atom stereocenters. The van der Waals surface area contributed by atoms with Gasteiger partial charge in [0.15, 0.2) is 5.82 Å². The summed E-state index contributed by atoms with van der Waals surface area (Å²) in [5.74, 6) is 4.37. The molecule has 2 atom stereocenters. The van der Waals surface area contributed by atoms with Gasteiger partial charge in [-0.05, 0) is 73.8 Å². The molecule has 2 bridgehead atoms. The predicted molar refractivity (Wildman–Crippen MR) is 111 cm³/mol. The van der Waals surface area contributed by atoms with E-state index in [1.807, 2.05) is 18.5 Å². The Morgan fingerprint density at radius 3 is 2.61 bits per heavy atom. The van der Waals surface area contributed by atoms with Crippen molar-refractivity contribution >= 4 is 0 Å². The van der Waals surface area contributed by atoms with Gasteiger partial charge in [0.2, 0.25) is 0 Å². The lowest BCUT2D eigenvalue weighted by molar-refractivity contribution is 0.308. The molecule has 2 heterocycles. The fourth-order valence-electron chi connectivity index (χ4n) is 5.24. The number of hydrogen-bond acceptors (Lipinski definition) is 3. The predicted octanol–water partition coefficient (Wildman–Crippen LogP) is 5.16. The number of pyridine rings is 1. The maximum absolute atomic E-state index is 5.10. The van der Waals surface area contributed by atoms with Crippen LogP contribution in [0.25, 0.3) is 5.69 Å². The Bertz CT molecular complexity index is 964. The summed E-state index contributed by atoms with van der Waals surface area (Å²) in [7, 11) is 0. The van der Waals surface area contributed by atoms with E-state index in [0.717, 1.165) is 29.6 Å². The summed E-state index contributed by atoms with van der Waals surface area (Å²) < 4.78 is 2.16. The summed E-state index contributed by atoms with van der Waals surface area (Å²) in [6.45, 7) is 4.32. The Kier molecular flexibility index (Phi) is 4.50. The molecule has 4 nitrogen and oxygen atoms in total. The highest BCUT2D eigenvalue weighted by atomic mass is 15.4. The molecule has 0 amide bonds. The van der Waals surface area contributed by atoms with Crippen LogP contribution in [0.5, 0.6) is 0 Å². The molecule has 0 aliphatic heterocycles. The van der Waals surface area contributed by atoms with Crippen LogP contribution in [0, 0.1) is 25.7 Å². The third-order valence-electron chi connectivity index (χ3n) is 6.60. The van der Waals surface area contributed by atoms with E-state index >= 15 is 0 Å². The van der Waals surface area contributed by atoms with Crippen LogP contribution in [0.15, 0.2) is 42.7 Å². The first-order chi connectivity index (χ1) is 13.7. The van der Waals surface area contributed by atoms with Gasteiger partial charge >= 0.3 is 0 Å². The van der Waals surface area contributed by atoms with E-state index in [0.29, 0.717) is 5.92 Å². The molecule has 144 valence electrons. The van der Waals surface area contributed by atoms with E-state index in [-0.39, 0.29) is 0 Å². The minimum atomic E-state index is 0.529. The van der Waals surface area contributed by atoms with Gasteiger partial charge in [0, 0.05) is 24.7 Å². The maximum atomic E-state index is 5.10. The Morgan fingerprint density at radius 1 is 1.04 bits per heavy atom. The molecule has 1 aromatic carbocycles. The van der Waals surface area contributed by atoms with Gasteiger partial charge < -0.3 is 0 Å². The summed E-state index contributed by atoms with van der Waals surface area (Å²) in [5, 5.41) is 5.00. The van der Waals surface area contributed by atoms with E-state index in [9.17, 15) is 0 Å². The van der Waals surface area contributed by atoms with E-state index in [2.05, 4.69) is 47.8 Å². The van der Waals surface area contributed by atoms with Crippen molar-refractivity contribution in [3.05, 3.63) is 71.1 Å². The van der Waals surface area contributed by atoms with Crippen molar-refractivity contribution in [1.29, 1.82) is 0 Å². The average Bonchev–Trinajstić information content (AvgIpc) is 3.27. The number of aromatic nitrogens is 4. The second-order valence-corrected chi connectivity index (χ2v) is 8.84. The van der Waals surface area contributed by atoms with Crippen molar-refractivity contribution in [2.75, 3.05) is 0 Å². The second kappa shape index (κ2) is 7.16. The summed E-state index contributed by atoms with van der Waals surface area (Å²) in [5.41, 5.74) is 4.86. The molecule has 28 heavy (non-hydrogen) atoms. The third kappa shape index (κ3) is 3.36. The minimum Gasteiger partial charge on any atom is -0.264 e. The molecule has 2 aromatic heterocycles. The van der Waals surface area contributed by atoms with Gasteiger partial charge in [0.1, 0.15) is 5.82 Å². The lowest BCUT2D eigenvalue weighted by Gasteiger charge is -2.27. The molecule has 0 saturated heterocycles. The molecule has 2 fully saturated rings. The van der Waals surface area contributed by atoms with E-state index in [1.165, 1.54) is 54.7 Å². The normalized spacial score (nSPS) is 23.9. The minimum absolute atomic E-state index is 0.529. The number of benzene rings is 1. The van der Waals surface area contributed by atoms with Crippen molar-refractivity contribution in [2.45, 2.75) is 58.3 Å². The fourth-order valence-corrected chi connectivity index (χ4v) is 5.24. The highest BCUT2D eigenvalue weighted by molar-refractivity contribution is 5.43. The number of aryl methyl sites for hydroxylation is 2. The zero-order valence-electron chi connectivity index (χ0n) is 16.8. The SMILES string of the molecule is Cc1ccc(C)c(-n2nc(Cc3cccnc3)nc2C2CC3CCC(C3)C2)c1. The number of rotatable bonds is 4. The van der Waals surface area contributed by atoms with Gasteiger partial charge in [-0.25, -0.2) is 9.67 Å². The van der Waals surface area contributed by atoms with E-state index in [4.69, 9.17) is 10.1 Å². The van der Waals surface area contributed by atoms with Gasteiger partial charge in [0.25, 0.3) is 0 Å². The lowest BCUT2D eigenvalue weighted by atomic mass is 9.80. The molecule has 0 N–H and O–H groups in total. The monoisotopic (exact) mass is 372 g/mol. The smallest absolute Gasteiger partial charge is 0.155 e. The summed E-state index contributed by atoms with van der Waals surface area (Å²) >= 11 is 0. The van der Waals surface area contributed by atoms with Gasteiger partial charge in [-0.2, -0.15) is 5.10 Å². The Labute approximate surface area is 167 Å². The number of fused-ring (bicyclic) bond motifs is 2. The van der Waals surface area contributed by atoms with Gasteiger partial charge in [-0.1, -0.05) is 31.0 Å². The van der Waals surface area contributed by atoms with Gasteiger partial charge in [-0.3, -0.25) is 4.98 Å². The Morgan fingerprint density at radius 2 is 1.86 bits per heavy atom. The van der Waals surface area contributed by atoms with Crippen LogP contribution in [0.3, 0.4) is 0 Å². The Hall–Kier alpha value is -2.49. The molecular formula is C24H28N4. The average molecular weight is 373 g/mol.